The molecule has 0 saturated heterocycles. The van der Waals surface area contributed by atoms with Crippen molar-refractivity contribution >= 4 is 40.3 Å². The number of nitro groups is 1. The molecule has 0 fully saturated rings. The second kappa shape index (κ2) is 8.26. The third-order valence-electron chi connectivity index (χ3n) is 4.07. The summed E-state index contributed by atoms with van der Waals surface area (Å²) in [6.45, 7) is 2.87. The second-order valence-corrected chi connectivity index (χ2v) is 6.20. The first-order chi connectivity index (χ1) is 13.8. The molecule has 1 heterocycles. The molecule has 3 rings (SSSR count). The largest absolute Gasteiger partial charge is 0.353 e. The number of nitrogens with one attached hydrogen (secondary N) is 2. The number of carbonyl (C=O) groups is 2. The Morgan fingerprint density at radius 3 is 1.69 bits per heavy atom. The lowest BCUT2D eigenvalue weighted by Crippen LogP contribution is -2.06. The molecule has 0 saturated carbocycles. The van der Waals surface area contributed by atoms with Crippen molar-refractivity contribution in [3.8, 4) is 0 Å². The van der Waals surface area contributed by atoms with E-state index in [4.69, 9.17) is 0 Å². The Kier molecular flexibility index (Phi) is 5.59. The Labute approximate surface area is 166 Å². The van der Waals surface area contributed by atoms with Crippen molar-refractivity contribution in [1.29, 1.82) is 0 Å². The average Bonchev–Trinajstić information content (AvgIpc) is 2.68. The van der Waals surface area contributed by atoms with Gasteiger partial charge in [-0.15, -0.1) is 0 Å². The van der Waals surface area contributed by atoms with Crippen LogP contribution in [0.5, 0.6) is 0 Å². The molecule has 0 unspecified atom stereocenters. The molecule has 29 heavy (non-hydrogen) atoms. The summed E-state index contributed by atoms with van der Waals surface area (Å²) < 4.78 is 0. The molecule has 9 nitrogen and oxygen atoms in total. The molecule has 3 aromatic rings. The maximum absolute atomic E-state index is 11.7. The number of rotatable bonds is 7. The molecule has 9 heteroatoms. The van der Waals surface area contributed by atoms with E-state index in [2.05, 4.69) is 20.6 Å². The van der Waals surface area contributed by atoms with E-state index in [9.17, 15) is 19.7 Å². The molecule has 0 bridgehead atoms. The highest BCUT2D eigenvalue weighted by Crippen LogP contribution is 2.33. The fourth-order valence-electron chi connectivity index (χ4n) is 2.64. The van der Waals surface area contributed by atoms with Crippen molar-refractivity contribution in [2.75, 3.05) is 10.6 Å². The Bertz CT molecular complexity index is 1040. The van der Waals surface area contributed by atoms with Gasteiger partial charge in [0, 0.05) is 22.5 Å². The van der Waals surface area contributed by atoms with Gasteiger partial charge < -0.3 is 10.6 Å². The predicted molar refractivity (Wildman–Crippen MR) is 108 cm³/mol. The smallest absolute Gasteiger partial charge is 0.334 e. The number of hydrogen-bond donors (Lipinski definition) is 2. The van der Waals surface area contributed by atoms with Crippen LogP contribution in [0.3, 0.4) is 0 Å². The van der Waals surface area contributed by atoms with Crippen LogP contribution < -0.4 is 10.6 Å². The van der Waals surface area contributed by atoms with Crippen LogP contribution >= 0.6 is 0 Å². The molecule has 0 atom stereocenters. The molecule has 0 aliphatic rings. The van der Waals surface area contributed by atoms with Gasteiger partial charge in [0.05, 0.1) is 4.92 Å². The summed E-state index contributed by atoms with van der Waals surface area (Å²) in [4.78, 5) is 42.2. The number of anilines is 4. The van der Waals surface area contributed by atoms with Gasteiger partial charge in [-0.25, -0.2) is 9.97 Å². The van der Waals surface area contributed by atoms with Crippen LogP contribution in [0.2, 0.25) is 0 Å². The monoisotopic (exact) mass is 391 g/mol. The summed E-state index contributed by atoms with van der Waals surface area (Å²) in [5.74, 6) is -0.316. The SMILES string of the molecule is CC(=O)c1cccc(Nc2ncnc(Nc3cccc(C(C)=O)c3)c2[N+](=O)[O-])c1. The number of Topliss-reactive ketones (excluding diaryl/α,β-unsaturated/α-hetero) is 2. The van der Waals surface area contributed by atoms with E-state index in [0.29, 0.717) is 22.5 Å². The minimum Gasteiger partial charge on any atom is -0.334 e. The van der Waals surface area contributed by atoms with Gasteiger partial charge in [-0.05, 0) is 38.1 Å². The number of hydrogen-bond acceptors (Lipinski definition) is 8. The second-order valence-electron chi connectivity index (χ2n) is 6.20. The quantitative estimate of drug-likeness (QED) is 0.347. The zero-order chi connectivity index (χ0) is 21.0. The first-order valence-corrected chi connectivity index (χ1v) is 8.60. The van der Waals surface area contributed by atoms with E-state index < -0.39 is 4.92 Å². The first-order valence-electron chi connectivity index (χ1n) is 8.60. The predicted octanol–water partition coefficient (Wildman–Crippen LogP) is 4.28. The maximum Gasteiger partial charge on any atom is 0.353 e. The molecule has 0 aliphatic heterocycles. The average molecular weight is 391 g/mol. The molecule has 146 valence electrons. The third kappa shape index (κ3) is 4.59. The molecule has 0 aliphatic carbocycles. The van der Waals surface area contributed by atoms with Gasteiger partial charge in [0.15, 0.2) is 11.6 Å². The minimum atomic E-state index is -0.603. The van der Waals surface area contributed by atoms with Crippen molar-refractivity contribution in [2.45, 2.75) is 13.8 Å². The summed E-state index contributed by atoms with van der Waals surface area (Å²) in [5, 5.41) is 17.4. The third-order valence-corrected chi connectivity index (χ3v) is 4.07. The number of benzene rings is 2. The molecule has 1 aromatic heterocycles. The van der Waals surface area contributed by atoms with E-state index in [1.807, 2.05) is 0 Å². The van der Waals surface area contributed by atoms with Crippen molar-refractivity contribution < 1.29 is 14.5 Å². The number of aromatic nitrogens is 2. The summed E-state index contributed by atoms with van der Waals surface area (Å²) in [6.07, 6.45) is 1.18. The minimum absolute atomic E-state index is 0.0316. The maximum atomic E-state index is 11.7. The van der Waals surface area contributed by atoms with E-state index >= 15 is 0 Å². The zero-order valence-corrected chi connectivity index (χ0v) is 15.7. The van der Waals surface area contributed by atoms with Crippen LogP contribution in [0, 0.1) is 10.1 Å². The normalized spacial score (nSPS) is 10.3. The van der Waals surface area contributed by atoms with E-state index in [1.54, 1.807) is 48.5 Å². The van der Waals surface area contributed by atoms with E-state index in [1.165, 1.54) is 20.2 Å². The van der Waals surface area contributed by atoms with Gasteiger partial charge in [-0.3, -0.25) is 19.7 Å². The van der Waals surface area contributed by atoms with Crippen LogP contribution in [-0.2, 0) is 0 Å². The fourth-order valence-corrected chi connectivity index (χ4v) is 2.64. The zero-order valence-electron chi connectivity index (χ0n) is 15.7. The fraction of sp³-hybridized carbons (Fsp3) is 0.100. The van der Waals surface area contributed by atoms with E-state index in [0.717, 1.165) is 0 Å². The van der Waals surface area contributed by atoms with Gasteiger partial charge in [0.2, 0.25) is 11.6 Å². The molecule has 0 amide bonds. The van der Waals surface area contributed by atoms with Crippen molar-refractivity contribution in [2.24, 2.45) is 0 Å². The van der Waals surface area contributed by atoms with Gasteiger partial charge >= 0.3 is 5.69 Å². The van der Waals surface area contributed by atoms with Crippen molar-refractivity contribution in [1.82, 2.24) is 9.97 Å². The van der Waals surface area contributed by atoms with Gasteiger partial charge in [-0.2, -0.15) is 0 Å². The summed E-state index contributed by atoms with van der Waals surface area (Å²) in [6, 6.07) is 13.1. The highest BCUT2D eigenvalue weighted by molar-refractivity contribution is 5.96. The Balaban J connectivity index is 1.97. The van der Waals surface area contributed by atoms with Crippen LogP contribution in [0.15, 0.2) is 54.9 Å². The Hall–Kier alpha value is -4.14. The first kappa shape index (κ1) is 19.6. The Morgan fingerprint density at radius 2 is 1.31 bits per heavy atom. The molecule has 2 N–H and O–H groups in total. The topological polar surface area (TPSA) is 127 Å². The summed E-state index contributed by atoms with van der Waals surface area (Å²) >= 11 is 0. The Morgan fingerprint density at radius 1 is 0.862 bits per heavy atom. The lowest BCUT2D eigenvalue weighted by Gasteiger charge is -2.11. The standard InChI is InChI=1S/C20H17N5O4/c1-12(26)14-5-3-7-16(9-14)23-19-18(25(28)29)20(22-11-21-19)24-17-8-4-6-15(10-17)13(2)27/h3-11H,1-2H3,(H2,21,22,23,24). The number of nitrogens with zero attached hydrogens (tertiary/aromatic N) is 3. The van der Waals surface area contributed by atoms with Crippen LogP contribution in [-0.4, -0.2) is 26.5 Å². The van der Waals surface area contributed by atoms with Crippen molar-refractivity contribution in [3.63, 3.8) is 0 Å². The lowest BCUT2D eigenvalue weighted by molar-refractivity contribution is -0.383. The lowest BCUT2D eigenvalue weighted by atomic mass is 10.1. The highest BCUT2D eigenvalue weighted by atomic mass is 16.6. The number of carbonyl (C=O) groups excluding carboxylic acids is 2. The molecule has 0 spiro atoms. The van der Waals surface area contributed by atoms with E-state index in [-0.39, 0.29) is 28.9 Å². The van der Waals surface area contributed by atoms with Gasteiger partial charge in [0.1, 0.15) is 6.33 Å². The molecular formula is C20H17N5O4. The van der Waals surface area contributed by atoms with Crippen molar-refractivity contribution in [3.05, 3.63) is 76.1 Å². The molecule has 0 radical (unpaired) electrons. The summed E-state index contributed by atoms with van der Waals surface area (Å²) in [5.41, 5.74) is 1.51. The molecular weight excluding hydrogens is 374 g/mol. The van der Waals surface area contributed by atoms with Crippen LogP contribution in [0.25, 0.3) is 0 Å². The molecule has 2 aromatic carbocycles. The van der Waals surface area contributed by atoms with Crippen LogP contribution in [0.1, 0.15) is 34.6 Å². The number of ketones is 2. The van der Waals surface area contributed by atoms with Crippen LogP contribution in [0.4, 0.5) is 28.7 Å². The summed E-state index contributed by atoms with van der Waals surface area (Å²) in [7, 11) is 0. The van der Waals surface area contributed by atoms with Gasteiger partial charge in [-0.1, -0.05) is 24.3 Å². The highest BCUT2D eigenvalue weighted by Gasteiger charge is 2.23. The van der Waals surface area contributed by atoms with Gasteiger partial charge in [0.25, 0.3) is 0 Å².